The second-order valence-electron chi connectivity index (χ2n) is 10.8. The normalized spacial score (nSPS) is 30.1. The minimum Gasteiger partial charge on any atom is -0.494 e. The molecular weight excluding hydrogens is 392 g/mol. The van der Waals surface area contributed by atoms with Gasteiger partial charge in [0.25, 0.3) is 0 Å². The summed E-state index contributed by atoms with van der Waals surface area (Å²) in [6.07, 6.45) is 22.1. The van der Waals surface area contributed by atoms with Gasteiger partial charge in [-0.15, -0.1) is 0 Å². The fourth-order valence-corrected chi connectivity index (χ4v) is 6.72. The average molecular weight is 439 g/mol. The van der Waals surface area contributed by atoms with Crippen molar-refractivity contribution in [3.8, 4) is 5.75 Å². The topological polar surface area (TPSA) is 18.5 Å². The lowest BCUT2D eigenvalue weighted by molar-refractivity contribution is -0.0138. The smallest absolute Gasteiger partial charge is 0.119 e. The maximum Gasteiger partial charge on any atom is 0.119 e. The summed E-state index contributed by atoms with van der Waals surface area (Å²) in [5, 5.41) is 0. The molecule has 0 aromatic heterocycles. The molecule has 0 N–H and O–H groups in total. The Hall–Kier alpha value is -1.28. The summed E-state index contributed by atoms with van der Waals surface area (Å²) in [6, 6.07) is 6.95. The minimum atomic E-state index is 0.508. The molecule has 0 heterocycles. The van der Waals surface area contributed by atoms with E-state index in [1.165, 1.54) is 83.5 Å². The van der Waals surface area contributed by atoms with E-state index < -0.39 is 0 Å². The highest BCUT2D eigenvalue weighted by atomic mass is 16.5. The monoisotopic (exact) mass is 438 g/mol. The number of rotatable bonds is 10. The third-order valence-electron chi connectivity index (χ3n) is 8.65. The van der Waals surface area contributed by atoms with Gasteiger partial charge in [0, 0.05) is 0 Å². The zero-order valence-electron chi connectivity index (χ0n) is 20.7. The first-order valence-corrected chi connectivity index (χ1v) is 13.7. The maximum absolute atomic E-state index is 6.11. The van der Waals surface area contributed by atoms with Crippen molar-refractivity contribution in [3.63, 3.8) is 0 Å². The Bertz CT molecular complexity index is 724. The first-order valence-electron chi connectivity index (χ1n) is 13.7. The molecule has 0 bridgehead atoms. The van der Waals surface area contributed by atoms with Crippen molar-refractivity contribution < 1.29 is 9.47 Å². The number of hydrogen-bond donors (Lipinski definition) is 0. The van der Waals surface area contributed by atoms with Gasteiger partial charge in [-0.1, -0.05) is 44.4 Å². The summed E-state index contributed by atoms with van der Waals surface area (Å²) in [6.45, 7) is 6.01. The molecule has 32 heavy (non-hydrogen) atoms. The number of allylic oxidation sites excluding steroid dienone is 1. The standard InChI is InChI=1S/C30H46O2/c1-3-5-7-8-18-32-30-16-14-26-20-24(10-12-28(26)22-30)23-9-11-27-21-29(31-17-6-4-2)15-13-25(27)19-23/h4,6,14,16,22-25,27,29H,3,5,7-13,15,17-21H2,1-2H3/b6-4+/t23?,24?,25-,27?,29-/m1/s1. The van der Waals surface area contributed by atoms with Crippen LogP contribution in [0.3, 0.4) is 0 Å². The lowest BCUT2D eigenvalue weighted by Gasteiger charge is -2.44. The second-order valence-corrected chi connectivity index (χ2v) is 10.8. The average Bonchev–Trinajstić information content (AvgIpc) is 2.83. The van der Waals surface area contributed by atoms with E-state index in [9.17, 15) is 0 Å². The number of aryl methyl sites for hydroxylation is 1. The Balaban J connectivity index is 1.24. The minimum absolute atomic E-state index is 0.508. The molecule has 0 saturated heterocycles. The van der Waals surface area contributed by atoms with Crippen molar-refractivity contribution in [2.24, 2.45) is 23.7 Å². The lowest BCUT2D eigenvalue weighted by Crippen LogP contribution is -2.37. The van der Waals surface area contributed by atoms with E-state index in [4.69, 9.17) is 9.47 Å². The van der Waals surface area contributed by atoms with E-state index in [-0.39, 0.29) is 0 Å². The number of ether oxygens (including phenoxy) is 2. The van der Waals surface area contributed by atoms with Crippen molar-refractivity contribution in [3.05, 3.63) is 41.5 Å². The molecule has 178 valence electrons. The van der Waals surface area contributed by atoms with Gasteiger partial charge in [0.15, 0.2) is 0 Å². The van der Waals surface area contributed by atoms with Gasteiger partial charge in [0.1, 0.15) is 5.75 Å². The molecule has 0 amide bonds. The highest BCUT2D eigenvalue weighted by molar-refractivity contribution is 5.37. The molecule has 0 aliphatic heterocycles. The van der Waals surface area contributed by atoms with Crippen LogP contribution in [-0.4, -0.2) is 19.3 Å². The van der Waals surface area contributed by atoms with Gasteiger partial charge >= 0.3 is 0 Å². The van der Waals surface area contributed by atoms with Crippen LogP contribution in [0.25, 0.3) is 0 Å². The van der Waals surface area contributed by atoms with Gasteiger partial charge in [-0.2, -0.15) is 0 Å². The van der Waals surface area contributed by atoms with E-state index in [0.29, 0.717) is 6.10 Å². The second kappa shape index (κ2) is 12.3. The number of unbranched alkanes of at least 4 members (excludes halogenated alkanes) is 3. The zero-order chi connectivity index (χ0) is 22.2. The number of benzene rings is 1. The summed E-state index contributed by atoms with van der Waals surface area (Å²) < 4.78 is 12.2. The van der Waals surface area contributed by atoms with Crippen LogP contribution in [0.5, 0.6) is 5.75 Å². The Morgan fingerprint density at radius 2 is 1.69 bits per heavy atom. The molecule has 2 heteroatoms. The van der Waals surface area contributed by atoms with Crippen molar-refractivity contribution in [1.29, 1.82) is 0 Å². The first kappa shape index (κ1) is 23.9. The molecule has 0 spiro atoms. The quantitative estimate of drug-likeness (QED) is 0.273. The molecule has 1 aromatic carbocycles. The van der Waals surface area contributed by atoms with Gasteiger partial charge in [0.05, 0.1) is 19.3 Å². The van der Waals surface area contributed by atoms with Gasteiger partial charge in [0.2, 0.25) is 0 Å². The van der Waals surface area contributed by atoms with Crippen molar-refractivity contribution in [2.75, 3.05) is 13.2 Å². The van der Waals surface area contributed by atoms with E-state index in [1.54, 1.807) is 11.1 Å². The van der Waals surface area contributed by atoms with Crippen LogP contribution in [0, 0.1) is 23.7 Å². The van der Waals surface area contributed by atoms with Crippen LogP contribution in [-0.2, 0) is 17.6 Å². The molecule has 3 aliphatic rings. The predicted molar refractivity (Wildman–Crippen MR) is 134 cm³/mol. The van der Waals surface area contributed by atoms with E-state index in [2.05, 4.69) is 44.2 Å². The summed E-state index contributed by atoms with van der Waals surface area (Å²) in [5.74, 6) is 4.81. The van der Waals surface area contributed by atoms with E-state index in [1.807, 2.05) is 0 Å². The molecule has 2 saturated carbocycles. The SMILES string of the molecule is C/C=C/CO[C@@H]1CC[C@@H]2CC(C3CCc4cc(OCCCCCC)ccc4C3)CCC2C1. The molecule has 3 aliphatic carbocycles. The van der Waals surface area contributed by atoms with Gasteiger partial charge < -0.3 is 9.47 Å². The highest BCUT2D eigenvalue weighted by Crippen LogP contribution is 2.47. The Morgan fingerprint density at radius 3 is 2.53 bits per heavy atom. The van der Waals surface area contributed by atoms with E-state index >= 15 is 0 Å². The van der Waals surface area contributed by atoms with Crippen LogP contribution in [0.15, 0.2) is 30.4 Å². The fraction of sp³-hybridized carbons (Fsp3) is 0.733. The Morgan fingerprint density at radius 1 is 0.875 bits per heavy atom. The Labute approximate surface area is 197 Å². The van der Waals surface area contributed by atoms with Gasteiger partial charge in [-0.05, 0) is 118 Å². The largest absolute Gasteiger partial charge is 0.494 e. The molecule has 0 radical (unpaired) electrons. The summed E-state index contributed by atoms with van der Waals surface area (Å²) in [7, 11) is 0. The fourth-order valence-electron chi connectivity index (χ4n) is 6.72. The maximum atomic E-state index is 6.11. The van der Waals surface area contributed by atoms with Gasteiger partial charge in [-0.25, -0.2) is 0 Å². The van der Waals surface area contributed by atoms with Crippen LogP contribution in [0.1, 0.15) is 95.6 Å². The third kappa shape index (κ3) is 6.40. The summed E-state index contributed by atoms with van der Waals surface area (Å²) in [5.41, 5.74) is 3.16. The number of hydrogen-bond acceptors (Lipinski definition) is 2. The van der Waals surface area contributed by atoms with Crippen LogP contribution >= 0.6 is 0 Å². The molecular formula is C30H46O2. The molecule has 2 fully saturated rings. The zero-order valence-corrected chi connectivity index (χ0v) is 20.7. The third-order valence-corrected chi connectivity index (χ3v) is 8.65. The Kier molecular flexibility index (Phi) is 9.14. The molecule has 4 rings (SSSR count). The van der Waals surface area contributed by atoms with Crippen LogP contribution in [0.2, 0.25) is 0 Å². The van der Waals surface area contributed by atoms with Gasteiger partial charge in [-0.3, -0.25) is 0 Å². The molecule has 2 nitrogen and oxygen atoms in total. The summed E-state index contributed by atoms with van der Waals surface area (Å²) in [4.78, 5) is 0. The van der Waals surface area contributed by atoms with Crippen LogP contribution < -0.4 is 4.74 Å². The van der Waals surface area contributed by atoms with Crippen molar-refractivity contribution >= 4 is 0 Å². The van der Waals surface area contributed by atoms with Crippen molar-refractivity contribution in [1.82, 2.24) is 0 Å². The predicted octanol–water partition coefficient (Wildman–Crippen LogP) is 7.93. The molecule has 5 atom stereocenters. The first-order chi connectivity index (χ1) is 15.8. The number of fused-ring (bicyclic) bond motifs is 2. The molecule has 1 aromatic rings. The molecule has 3 unspecified atom stereocenters. The van der Waals surface area contributed by atoms with Crippen LogP contribution in [0.4, 0.5) is 0 Å². The highest BCUT2D eigenvalue weighted by Gasteiger charge is 2.38. The summed E-state index contributed by atoms with van der Waals surface area (Å²) >= 11 is 0. The van der Waals surface area contributed by atoms with Crippen molar-refractivity contribution in [2.45, 2.75) is 103 Å². The van der Waals surface area contributed by atoms with E-state index in [0.717, 1.165) is 42.6 Å². The lowest BCUT2D eigenvalue weighted by atomic mass is 9.62.